The number of halogens is 3. The summed E-state index contributed by atoms with van der Waals surface area (Å²) in [7, 11) is 1.56. The quantitative estimate of drug-likeness (QED) is 0.365. The van der Waals surface area contributed by atoms with E-state index in [-0.39, 0.29) is 16.6 Å². The van der Waals surface area contributed by atoms with Gasteiger partial charge in [-0.15, -0.1) is 5.10 Å². The van der Waals surface area contributed by atoms with Gasteiger partial charge in [-0.25, -0.2) is 10.1 Å². The fourth-order valence-corrected chi connectivity index (χ4v) is 3.25. The minimum Gasteiger partial charge on any atom is -0.497 e. The Morgan fingerprint density at radius 2 is 1.91 bits per heavy atom. The third kappa shape index (κ3) is 4.38. The number of hydrogen-bond acceptors (Lipinski definition) is 6. The van der Waals surface area contributed by atoms with Crippen LogP contribution in [0.3, 0.4) is 0 Å². The number of hydrazone groups is 1. The Morgan fingerprint density at radius 1 is 1.15 bits per heavy atom. The largest absolute Gasteiger partial charge is 0.497 e. The molecule has 4 aromatic rings. The van der Waals surface area contributed by atoms with Crippen molar-refractivity contribution in [1.29, 1.82) is 0 Å². The molecule has 0 atom stereocenters. The van der Waals surface area contributed by atoms with Gasteiger partial charge in [0.05, 0.1) is 35.8 Å². The van der Waals surface area contributed by atoms with Crippen LogP contribution < -0.4 is 10.2 Å². The van der Waals surface area contributed by atoms with Gasteiger partial charge in [-0.3, -0.25) is 9.78 Å². The predicted octanol–water partition coefficient (Wildman–Crippen LogP) is 3.92. The van der Waals surface area contributed by atoms with E-state index in [0.717, 1.165) is 11.6 Å². The van der Waals surface area contributed by atoms with E-state index in [2.05, 4.69) is 25.8 Å². The summed E-state index contributed by atoms with van der Waals surface area (Å²) in [5.41, 5.74) is 2.67. The summed E-state index contributed by atoms with van der Waals surface area (Å²) in [5.74, 6) is 0.0762. The Kier molecular flexibility index (Phi) is 5.78. The van der Waals surface area contributed by atoms with Crippen molar-refractivity contribution in [3.63, 3.8) is 0 Å². The number of amides is 1. The maximum Gasteiger partial charge on any atom is 0.418 e. The van der Waals surface area contributed by atoms with E-state index in [1.807, 2.05) is 0 Å². The Balaban J connectivity index is 1.61. The first-order valence-corrected chi connectivity index (χ1v) is 9.64. The number of benzene rings is 2. The molecule has 33 heavy (non-hydrogen) atoms. The summed E-state index contributed by atoms with van der Waals surface area (Å²) < 4.78 is 46.5. The second-order valence-electron chi connectivity index (χ2n) is 6.94. The molecule has 0 saturated carbocycles. The maximum absolute atomic E-state index is 13.4. The van der Waals surface area contributed by atoms with Crippen LogP contribution in [0.5, 0.6) is 5.75 Å². The SMILES string of the molecule is COc1ccc(/C=N/NC(=O)c2nnn(-c3ccnc4c(C(F)(F)F)cccc34)c2C)cc1. The van der Waals surface area contributed by atoms with Crippen molar-refractivity contribution in [2.45, 2.75) is 13.1 Å². The number of methoxy groups -OCH3 is 1. The standard InChI is InChI=1S/C22H17F3N6O2/c1-13-19(21(32)29-27-12-14-6-8-15(33-2)9-7-14)28-30-31(13)18-10-11-26-20-16(18)4-3-5-17(20)22(23,24)25/h3-12H,1-2H3,(H,29,32)/b27-12+. The average molecular weight is 454 g/mol. The van der Waals surface area contributed by atoms with Crippen molar-refractivity contribution >= 4 is 23.0 Å². The zero-order valence-electron chi connectivity index (χ0n) is 17.5. The summed E-state index contributed by atoms with van der Waals surface area (Å²) >= 11 is 0. The molecule has 0 aliphatic heterocycles. The number of hydrogen-bond donors (Lipinski definition) is 1. The van der Waals surface area contributed by atoms with Crippen molar-refractivity contribution in [3.05, 3.63) is 77.2 Å². The Morgan fingerprint density at radius 3 is 2.61 bits per heavy atom. The Bertz CT molecular complexity index is 1350. The molecule has 8 nitrogen and oxygen atoms in total. The van der Waals surface area contributed by atoms with Gasteiger partial charge in [0.1, 0.15) is 5.75 Å². The van der Waals surface area contributed by atoms with Crippen LogP contribution in [0.2, 0.25) is 0 Å². The van der Waals surface area contributed by atoms with E-state index in [9.17, 15) is 18.0 Å². The summed E-state index contributed by atoms with van der Waals surface area (Å²) in [5, 5.41) is 12.0. The molecule has 2 aromatic heterocycles. The van der Waals surface area contributed by atoms with E-state index in [1.54, 1.807) is 38.3 Å². The van der Waals surface area contributed by atoms with Gasteiger partial charge in [0.2, 0.25) is 0 Å². The van der Waals surface area contributed by atoms with Gasteiger partial charge < -0.3 is 4.74 Å². The van der Waals surface area contributed by atoms with E-state index >= 15 is 0 Å². The van der Waals surface area contributed by atoms with Crippen LogP contribution in [-0.2, 0) is 6.18 Å². The molecule has 0 saturated heterocycles. The second kappa shape index (κ2) is 8.69. The van der Waals surface area contributed by atoms with Crippen molar-refractivity contribution < 1.29 is 22.7 Å². The van der Waals surface area contributed by atoms with Crippen LogP contribution in [0.15, 0.2) is 59.8 Å². The first kappa shape index (κ1) is 21.9. The van der Waals surface area contributed by atoms with Gasteiger partial charge in [0, 0.05) is 11.6 Å². The molecule has 0 fully saturated rings. The number of carbonyl (C=O) groups is 1. The minimum absolute atomic E-state index is 0.0150. The lowest BCUT2D eigenvalue weighted by Gasteiger charge is -2.12. The summed E-state index contributed by atoms with van der Waals surface area (Å²) in [6.45, 7) is 1.59. The minimum atomic E-state index is -4.56. The van der Waals surface area contributed by atoms with E-state index in [1.165, 1.54) is 35.3 Å². The van der Waals surface area contributed by atoms with Gasteiger partial charge >= 0.3 is 6.18 Å². The van der Waals surface area contributed by atoms with Crippen LogP contribution in [0, 0.1) is 6.92 Å². The van der Waals surface area contributed by atoms with Crippen molar-refractivity contribution in [2.75, 3.05) is 7.11 Å². The first-order valence-electron chi connectivity index (χ1n) is 9.64. The molecule has 4 rings (SSSR count). The highest BCUT2D eigenvalue weighted by molar-refractivity contribution is 5.95. The van der Waals surface area contributed by atoms with E-state index in [0.29, 0.717) is 17.1 Å². The number of alkyl halides is 3. The van der Waals surface area contributed by atoms with Crippen LogP contribution in [-0.4, -0.2) is 39.2 Å². The van der Waals surface area contributed by atoms with E-state index in [4.69, 9.17) is 4.74 Å². The van der Waals surface area contributed by atoms with Crippen molar-refractivity contribution in [2.24, 2.45) is 5.10 Å². The molecule has 1 N–H and O–H groups in total. The number of carbonyl (C=O) groups excluding carboxylic acids is 1. The predicted molar refractivity (Wildman–Crippen MR) is 114 cm³/mol. The monoisotopic (exact) mass is 454 g/mol. The molecule has 2 heterocycles. The Labute approximate surface area is 185 Å². The number of aromatic nitrogens is 4. The number of nitrogens with zero attached hydrogens (tertiary/aromatic N) is 5. The number of nitrogens with one attached hydrogen (secondary N) is 1. The first-order chi connectivity index (χ1) is 15.8. The summed E-state index contributed by atoms with van der Waals surface area (Å²) in [6.07, 6.45) is -1.85. The number of pyridine rings is 1. The zero-order chi connectivity index (χ0) is 23.6. The topological polar surface area (TPSA) is 94.3 Å². The van der Waals surface area contributed by atoms with Crippen LogP contribution in [0.4, 0.5) is 13.2 Å². The van der Waals surface area contributed by atoms with Crippen LogP contribution >= 0.6 is 0 Å². The van der Waals surface area contributed by atoms with Crippen LogP contribution in [0.1, 0.15) is 27.3 Å². The number of para-hydroxylation sites is 1. The average Bonchev–Trinajstić information content (AvgIpc) is 3.19. The number of rotatable bonds is 5. The van der Waals surface area contributed by atoms with Crippen molar-refractivity contribution in [1.82, 2.24) is 25.4 Å². The zero-order valence-corrected chi connectivity index (χ0v) is 17.5. The molecule has 0 radical (unpaired) electrons. The second-order valence-corrected chi connectivity index (χ2v) is 6.94. The Hall–Kier alpha value is -4.28. The normalized spacial score (nSPS) is 11.8. The van der Waals surface area contributed by atoms with Crippen molar-refractivity contribution in [3.8, 4) is 11.4 Å². The lowest BCUT2D eigenvalue weighted by Crippen LogP contribution is -2.19. The van der Waals surface area contributed by atoms with Crippen LogP contribution in [0.25, 0.3) is 16.6 Å². The molecule has 2 aromatic carbocycles. The highest BCUT2D eigenvalue weighted by Gasteiger charge is 2.33. The lowest BCUT2D eigenvalue weighted by atomic mass is 10.1. The molecule has 0 spiro atoms. The third-order valence-electron chi connectivity index (χ3n) is 4.89. The van der Waals surface area contributed by atoms with Gasteiger partial charge in [-0.2, -0.15) is 18.3 Å². The molecule has 1 amide bonds. The van der Waals surface area contributed by atoms with Gasteiger partial charge in [-0.05, 0) is 48.9 Å². The summed E-state index contributed by atoms with van der Waals surface area (Å²) in [6, 6.07) is 12.3. The molecular formula is C22H17F3N6O2. The maximum atomic E-state index is 13.4. The molecule has 0 aliphatic rings. The highest BCUT2D eigenvalue weighted by Crippen LogP contribution is 2.35. The third-order valence-corrected chi connectivity index (χ3v) is 4.89. The smallest absolute Gasteiger partial charge is 0.418 e. The lowest BCUT2D eigenvalue weighted by molar-refractivity contribution is -0.136. The molecule has 11 heteroatoms. The highest BCUT2D eigenvalue weighted by atomic mass is 19.4. The molecule has 0 unspecified atom stereocenters. The summed E-state index contributed by atoms with van der Waals surface area (Å²) in [4.78, 5) is 16.4. The van der Waals surface area contributed by atoms with E-state index < -0.39 is 17.6 Å². The molecule has 0 aliphatic carbocycles. The molecule has 0 bridgehead atoms. The fraction of sp³-hybridized carbons (Fsp3) is 0.136. The molecule has 168 valence electrons. The number of ether oxygens (including phenoxy) is 1. The van der Waals surface area contributed by atoms with Gasteiger partial charge in [0.25, 0.3) is 5.91 Å². The number of fused-ring (bicyclic) bond motifs is 1. The fourth-order valence-electron chi connectivity index (χ4n) is 3.25. The van der Waals surface area contributed by atoms with Gasteiger partial charge in [-0.1, -0.05) is 17.3 Å². The molecular weight excluding hydrogens is 437 g/mol. The van der Waals surface area contributed by atoms with Gasteiger partial charge in [0.15, 0.2) is 5.69 Å².